The number of amides is 2. The van der Waals surface area contributed by atoms with E-state index in [0.717, 1.165) is 5.56 Å². The maximum absolute atomic E-state index is 12.4. The standard InChI is InChI=1S/C24H20N8O2/c1-2-19(33)30-13-14-31(15-30)24-29-20(21-22(25)27-11-12-32(21)24)16-6-8-17(9-7-16)28-23(34)18-5-3-4-10-26-18/h1,3-12H,13-15H2,(H2,25,27)(H,28,34). The molecule has 0 aliphatic carbocycles. The predicted molar refractivity (Wildman–Crippen MR) is 128 cm³/mol. The highest BCUT2D eigenvalue weighted by Gasteiger charge is 2.28. The van der Waals surface area contributed by atoms with Gasteiger partial charge in [-0.1, -0.05) is 18.2 Å². The van der Waals surface area contributed by atoms with Crippen LogP contribution >= 0.6 is 0 Å². The van der Waals surface area contributed by atoms with Crippen LogP contribution in [0.15, 0.2) is 61.1 Å². The van der Waals surface area contributed by atoms with Gasteiger partial charge in [0, 0.05) is 42.9 Å². The van der Waals surface area contributed by atoms with Gasteiger partial charge in [-0.15, -0.1) is 6.42 Å². The number of rotatable bonds is 4. The molecule has 0 unspecified atom stereocenters. The van der Waals surface area contributed by atoms with E-state index in [9.17, 15) is 9.59 Å². The van der Waals surface area contributed by atoms with Crippen molar-refractivity contribution in [3.63, 3.8) is 0 Å². The summed E-state index contributed by atoms with van der Waals surface area (Å²) >= 11 is 0. The van der Waals surface area contributed by atoms with E-state index in [1.54, 1.807) is 53.8 Å². The van der Waals surface area contributed by atoms with E-state index in [4.69, 9.17) is 17.1 Å². The van der Waals surface area contributed by atoms with Crippen molar-refractivity contribution in [2.75, 3.05) is 35.7 Å². The number of carbonyl (C=O) groups excluding carboxylic acids is 2. The van der Waals surface area contributed by atoms with Crippen molar-refractivity contribution in [3.05, 3.63) is 66.7 Å². The van der Waals surface area contributed by atoms with Crippen molar-refractivity contribution >= 4 is 34.8 Å². The molecule has 0 bridgehead atoms. The quantitative estimate of drug-likeness (QED) is 0.453. The van der Waals surface area contributed by atoms with Gasteiger partial charge in [-0.25, -0.2) is 9.97 Å². The second-order valence-electron chi connectivity index (χ2n) is 7.66. The molecule has 0 saturated carbocycles. The zero-order valence-corrected chi connectivity index (χ0v) is 18.0. The SMILES string of the molecule is C#CC(=O)N1CCN(c2nc(-c3ccc(NC(=O)c4ccccn4)cc3)c3c(N)nccn23)C1. The molecule has 1 fully saturated rings. The Kier molecular flexibility index (Phi) is 5.27. The number of fused-ring (bicyclic) bond motifs is 1. The first kappa shape index (κ1) is 21.0. The Morgan fingerprint density at radius 1 is 1.06 bits per heavy atom. The van der Waals surface area contributed by atoms with Crippen molar-refractivity contribution in [1.29, 1.82) is 0 Å². The largest absolute Gasteiger partial charge is 0.382 e. The van der Waals surface area contributed by atoms with Crippen molar-refractivity contribution < 1.29 is 9.59 Å². The number of nitrogen functional groups attached to an aromatic ring is 1. The Balaban J connectivity index is 1.45. The van der Waals surface area contributed by atoms with Crippen molar-refractivity contribution in [2.24, 2.45) is 0 Å². The first-order chi connectivity index (χ1) is 16.5. The zero-order valence-electron chi connectivity index (χ0n) is 18.0. The summed E-state index contributed by atoms with van der Waals surface area (Å²) in [6.45, 7) is 1.44. The van der Waals surface area contributed by atoms with E-state index in [0.29, 0.717) is 54.1 Å². The van der Waals surface area contributed by atoms with E-state index in [-0.39, 0.29) is 11.8 Å². The molecule has 34 heavy (non-hydrogen) atoms. The molecule has 0 spiro atoms. The minimum atomic E-state index is -0.354. The van der Waals surface area contributed by atoms with Crippen LogP contribution in [0, 0.1) is 12.3 Å². The molecule has 3 N–H and O–H groups in total. The third kappa shape index (κ3) is 3.75. The van der Waals surface area contributed by atoms with Crippen molar-refractivity contribution in [3.8, 4) is 23.6 Å². The summed E-state index contributed by atoms with van der Waals surface area (Å²) in [6, 6.07) is 12.4. The number of aromatic nitrogens is 4. The fraction of sp³-hybridized carbons (Fsp3) is 0.125. The second kappa shape index (κ2) is 8.55. The minimum absolute atomic E-state index is 0.295. The molecule has 10 nitrogen and oxygen atoms in total. The predicted octanol–water partition coefficient (Wildman–Crippen LogP) is 1.87. The number of hydrogen-bond donors (Lipinski definition) is 2. The molecule has 4 heterocycles. The molecule has 3 aromatic heterocycles. The molecule has 1 aliphatic rings. The lowest BCUT2D eigenvalue weighted by Gasteiger charge is -2.16. The second-order valence-corrected chi connectivity index (χ2v) is 7.66. The molecule has 0 atom stereocenters. The van der Waals surface area contributed by atoms with Gasteiger partial charge in [0.25, 0.3) is 11.8 Å². The number of nitrogens with one attached hydrogen (secondary N) is 1. The Morgan fingerprint density at radius 3 is 2.62 bits per heavy atom. The summed E-state index contributed by atoms with van der Waals surface area (Å²) in [5.74, 6) is 2.48. The monoisotopic (exact) mass is 452 g/mol. The average molecular weight is 452 g/mol. The maximum Gasteiger partial charge on any atom is 0.299 e. The molecule has 2 amide bonds. The summed E-state index contributed by atoms with van der Waals surface area (Å²) < 4.78 is 1.86. The number of nitrogens with zero attached hydrogens (tertiary/aromatic N) is 6. The number of benzene rings is 1. The topological polar surface area (TPSA) is 122 Å². The number of nitrogens with two attached hydrogens (primary N) is 1. The molecule has 0 radical (unpaired) electrons. The first-order valence-electron chi connectivity index (χ1n) is 10.5. The van der Waals surface area contributed by atoms with Crippen LogP contribution in [0.25, 0.3) is 16.8 Å². The summed E-state index contributed by atoms with van der Waals surface area (Å²) in [7, 11) is 0. The van der Waals surface area contributed by atoms with Gasteiger partial charge in [-0.05, 0) is 30.2 Å². The Hall–Kier alpha value is -4.91. The van der Waals surface area contributed by atoms with Gasteiger partial charge in [-0.3, -0.25) is 19.0 Å². The number of hydrogen-bond acceptors (Lipinski definition) is 7. The van der Waals surface area contributed by atoms with E-state index in [2.05, 4.69) is 21.2 Å². The summed E-state index contributed by atoms with van der Waals surface area (Å²) in [5.41, 5.74) is 9.27. The van der Waals surface area contributed by atoms with Crippen LogP contribution < -0.4 is 16.0 Å². The van der Waals surface area contributed by atoms with E-state index >= 15 is 0 Å². The lowest BCUT2D eigenvalue weighted by atomic mass is 10.1. The fourth-order valence-corrected chi connectivity index (χ4v) is 3.89. The highest BCUT2D eigenvalue weighted by atomic mass is 16.2. The maximum atomic E-state index is 12.4. The van der Waals surface area contributed by atoms with Crippen LogP contribution in [0.2, 0.25) is 0 Å². The Morgan fingerprint density at radius 2 is 1.88 bits per heavy atom. The molecule has 10 heteroatoms. The van der Waals surface area contributed by atoms with Gasteiger partial charge in [0.15, 0.2) is 0 Å². The normalized spacial score (nSPS) is 13.1. The molecular weight excluding hydrogens is 432 g/mol. The number of anilines is 3. The Labute approximate surface area is 195 Å². The van der Waals surface area contributed by atoms with Gasteiger partial charge < -0.3 is 20.9 Å². The van der Waals surface area contributed by atoms with Crippen LogP contribution in [0.1, 0.15) is 10.5 Å². The van der Waals surface area contributed by atoms with E-state index < -0.39 is 0 Å². The molecule has 1 aromatic carbocycles. The Bertz CT molecular complexity index is 1420. The third-order valence-corrected chi connectivity index (χ3v) is 5.55. The van der Waals surface area contributed by atoms with Crippen LogP contribution in [0.4, 0.5) is 17.5 Å². The summed E-state index contributed by atoms with van der Waals surface area (Å²) in [6.07, 6.45) is 10.2. The summed E-state index contributed by atoms with van der Waals surface area (Å²) in [5, 5.41) is 2.83. The highest BCUT2D eigenvalue weighted by Crippen LogP contribution is 2.32. The first-order valence-corrected chi connectivity index (χ1v) is 10.5. The van der Waals surface area contributed by atoms with Crippen LogP contribution in [0.3, 0.4) is 0 Å². The lowest BCUT2D eigenvalue weighted by Crippen LogP contribution is -2.30. The fourth-order valence-electron chi connectivity index (χ4n) is 3.89. The van der Waals surface area contributed by atoms with E-state index in [1.165, 1.54) is 0 Å². The van der Waals surface area contributed by atoms with Crippen LogP contribution in [0.5, 0.6) is 0 Å². The van der Waals surface area contributed by atoms with Gasteiger partial charge in [-0.2, -0.15) is 0 Å². The molecule has 4 aromatic rings. The van der Waals surface area contributed by atoms with Crippen molar-refractivity contribution in [2.45, 2.75) is 0 Å². The average Bonchev–Trinajstić information content (AvgIpc) is 3.51. The zero-order chi connectivity index (χ0) is 23.7. The molecule has 168 valence electrons. The van der Waals surface area contributed by atoms with Crippen molar-refractivity contribution in [1.82, 2.24) is 24.3 Å². The van der Waals surface area contributed by atoms with Gasteiger partial charge in [0.1, 0.15) is 22.7 Å². The summed E-state index contributed by atoms with van der Waals surface area (Å²) in [4.78, 5) is 41.0. The van der Waals surface area contributed by atoms with E-state index in [1.807, 2.05) is 21.4 Å². The number of imidazole rings is 1. The molecular formula is C24H20N8O2. The molecule has 1 saturated heterocycles. The van der Waals surface area contributed by atoms with Gasteiger partial charge in [0.2, 0.25) is 5.95 Å². The number of pyridine rings is 1. The number of terminal acetylenes is 1. The highest BCUT2D eigenvalue weighted by molar-refractivity contribution is 6.03. The van der Waals surface area contributed by atoms with Gasteiger partial charge >= 0.3 is 0 Å². The molecule has 5 rings (SSSR count). The molecule has 1 aliphatic heterocycles. The third-order valence-electron chi connectivity index (χ3n) is 5.55. The van der Waals surface area contributed by atoms with Crippen LogP contribution in [-0.2, 0) is 4.79 Å². The number of carbonyl (C=O) groups is 2. The minimum Gasteiger partial charge on any atom is -0.382 e. The smallest absolute Gasteiger partial charge is 0.299 e. The van der Waals surface area contributed by atoms with Crippen LogP contribution in [-0.4, -0.2) is 55.8 Å². The van der Waals surface area contributed by atoms with Gasteiger partial charge in [0.05, 0.1) is 6.67 Å². The lowest BCUT2D eigenvalue weighted by molar-refractivity contribution is -0.124.